The largest absolute Gasteiger partial charge is 0.508 e. The lowest BCUT2D eigenvalue weighted by Crippen LogP contribution is -2.08. The number of halogens is 1. The van der Waals surface area contributed by atoms with Gasteiger partial charge in [0.25, 0.3) is 0 Å². The third-order valence-electron chi connectivity index (χ3n) is 1.94. The summed E-state index contributed by atoms with van der Waals surface area (Å²) >= 11 is 5.67. The van der Waals surface area contributed by atoms with Gasteiger partial charge in [0.2, 0.25) is 0 Å². The van der Waals surface area contributed by atoms with Crippen molar-refractivity contribution in [2.24, 2.45) is 0 Å². The number of nitriles is 1. The molecule has 0 bridgehead atoms. The van der Waals surface area contributed by atoms with Crippen LogP contribution in [0, 0.1) is 11.3 Å². The Balaban J connectivity index is 3.04. The minimum atomic E-state index is -0.489. The quantitative estimate of drug-likeness (QED) is 0.820. The van der Waals surface area contributed by atoms with E-state index >= 15 is 0 Å². The van der Waals surface area contributed by atoms with E-state index in [1.807, 2.05) is 6.07 Å². The van der Waals surface area contributed by atoms with Gasteiger partial charge in [-0.1, -0.05) is 11.6 Å². The van der Waals surface area contributed by atoms with Gasteiger partial charge in [-0.05, 0) is 19.1 Å². The summed E-state index contributed by atoms with van der Waals surface area (Å²) in [5.74, 6) is -0.659. The molecule has 0 atom stereocenters. The van der Waals surface area contributed by atoms with Crippen molar-refractivity contribution in [2.45, 2.75) is 13.3 Å². The van der Waals surface area contributed by atoms with Crippen LogP contribution in [-0.4, -0.2) is 17.7 Å². The van der Waals surface area contributed by atoms with Crippen LogP contribution in [0.25, 0.3) is 0 Å². The molecule has 0 spiro atoms. The Morgan fingerprint density at radius 2 is 2.31 bits per heavy atom. The highest BCUT2D eigenvalue weighted by molar-refractivity contribution is 6.30. The van der Waals surface area contributed by atoms with E-state index in [2.05, 4.69) is 0 Å². The number of aromatic hydroxyl groups is 1. The van der Waals surface area contributed by atoms with Gasteiger partial charge in [-0.25, -0.2) is 0 Å². The van der Waals surface area contributed by atoms with Crippen LogP contribution >= 0.6 is 11.6 Å². The highest BCUT2D eigenvalue weighted by atomic mass is 35.5. The van der Waals surface area contributed by atoms with Gasteiger partial charge < -0.3 is 9.84 Å². The van der Waals surface area contributed by atoms with Crippen molar-refractivity contribution in [3.05, 3.63) is 28.3 Å². The molecule has 0 radical (unpaired) electrons. The molecular weight excluding hydrogens is 230 g/mol. The van der Waals surface area contributed by atoms with E-state index in [-0.39, 0.29) is 34.9 Å². The maximum absolute atomic E-state index is 11.2. The van der Waals surface area contributed by atoms with Gasteiger partial charge in [-0.3, -0.25) is 4.79 Å². The molecule has 1 aromatic rings. The lowest BCUT2D eigenvalue weighted by molar-refractivity contribution is -0.142. The number of rotatable bonds is 3. The van der Waals surface area contributed by atoms with E-state index in [0.29, 0.717) is 0 Å². The van der Waals surface area contributed by atoms with Gasteiger partial charge >= 0.3 is 5.97 Å². The van der Waals surface area contributed by atoms with Crippen molar-refractivity contribution in [1.29, 1.82) is 5.26 Å². The number of carbonyl (C=O) groups is 1. The molecule has 5 heteroatoms. The van der Waals surface area contributed by atoms with E-state index < -0.39 is 5.97 Å². The number of hydrogen-bond acceptors (Lipinski definition) is 4. The topological polar surface area (TPSA) is 70.3 Å². The zero-order valence-electron chi connectivity index (χ0n) is 8.66. The van der Waals surface area contributed by atoms with Crippen molar-refractivity contribution in [1.82, 2.24) is 0 Å². The lowest BCUT2D eigenvalue weighted by Gasteiger charge is -2.07. The molecular formula is C11H10ClNO3. The second-order valence-electron chi connectivity index (χ2n) is 3.04. The number of carbonyl (C=O) groups excluding carboxylic acids is 1. The maximum Gasteiger partial charge on any atom is 0.310 e. The van der Waals surface area contributed by atoms with Crippen LogP contribution in [0.5, 0.6) is 5.75 Å². The zero-order chi connectivity index (χ0) is 12.1. The first-order valence-corrected chi connectivity index (χ1v) is 5.03. The van der Waals surface area contributed by atoms with Crippen molar-refractivity contribution >= 4 is 17.6 Å². The predicted octanol–water partition coefficient (Wildman–Crippen LogP) is 2.02. The Hall–Kier alpha value is -1.73. The highest BCUT2D eigenvalue weighted by Crippen LogP contribution is 2.26. The zero-order valence-corrected chi connectivity index (χ0v) is 9.41. The molecule has 0 aromatic heterocycles. The predicted molar refractivity (Wildman–Crippen MR) is 58.2 cm³/mol. The molecule has 0 amide bonds. The van der Waals surface area contributed by atoms with Crippen LogP contribution in [-0.2, 0) is 16.0 Å². The molecule has 0 aliphatic rings. The molecule has 4 nitrogen and oxygen atoms in total. The van der Waals surface area contributed by atoms with Crippen LogP contribution < -0.4 is 0 Å². The second kappa shape index (κ2) is 5.38. The number of esters is 1. The van der Waals surface area contributed by atoms with Gasteiger partial charge in [0, 0.05) is 10.6 Å². The summed E-state index contributed by atoms with van der Waals surface area (Å²) < 4.78 is 4.74. The monoisotopic (exact) mass is 239 g/mol. The lowest BCUT2D eigenvalue weighted by atomic mass is 10.0. The number of nitrogens with zero attached hydrogens (tertiary/aromatic N) is 1. The molecule has 1 rings (SSSR count). The summed E-state index contributed by atoms with van der Waals surface area (Å²) in [6.45, 7) is 1.94. The van der Waals surface area contributed by atoms with E-state index in [9.17, 15) is 9.90 Å². The van der Waals surface area contributed by atoms with Crippen LogP contribution in [0.15, 0.2) is 12.1 Å². The highest BCUT2D eigenvalue weighted by Gasteiger charge is 2.14. The fourth-order valence-corrected chi connectivity index (χ4v) is 1.48. The summed E-state index contributed by atoms with van der Waals surface area (Å²) in [7, 11) is 0. The normalized spacial score (nSPS) is 9.56. The summed E-state index contributed by atoms with van der Waals surface area (Å²) in [5, 5.41) is 18.7. The Kier molecular flexibility index (Phi) is 4.15. The van der Waals surface area contributed by atoms with Gasteiger partial charge in [0.15, 0.2) is 0 Å². The van der Waals surface area contributed by atoms with Crippen LogP contribution in [0.2, 0.25) is 5.02 Å². The fraction of sp³-hybridized carbons (Fsp3) is 0.273. The first-order valence-electron chi connectivity index (χ1n) is 4.65. The van der Waals surface area contributed by atoms with E-state index in [0.717, 1.165) is 0 Å². The Morgan fingerprint density at radius 1 is 1.62 bits per heavy atom. The fourth-order valence-electron chi connectivity index (χ4n) is 1.26. The molecule has 84 valence electrons. The van der Waals surface area contributed by atoms with Gasteiger partial charge in [0.1, 0.15) is 5.75 Å². The van der Waals surface area contributed by atoms with E-state index in [1.54, 1.807) is 6.92 Å². The maximum atomic E-state index is 11.2. The number of phenolic OH excluding ortho intramolecular Hbond substituents is 1. The Morgan fingerprint density at radius 3 is 2.88 bits per heavy atom. The summed E-state index contributed by atoms with van der Waals surface area (Å²) in [6.07, 6.45) is -0.139. The summed E-state index contributed by atoms with van der Waals surface area (Å²) in [6, 6.07) is 4.56. The average molecular weight is 240 g/mol. The Labute approximate surface area is 98.0 Å². The van der Waals surface area contributed by atoms with E-state index in [1.165, 1.54) is 12.1 Å². The Bertz CT molecular complexity index is 451. The second-order valence-corrected chi connectivity index (χ2v) is 3.48. The molecule has 0 fully saturated rings. The van der Waals surface area contributed by atoms with Gasteiger partial charge in [-0.2, -0.15) is 5.26 Å². The minimum Gasteiger partial charge on any atom is -0.508 e. The molecule has 0 heterocycles. The number of phenols is 1. The molecule has 0 aliphatic heterocycles. The summed E-state index contributed by atoms with van der Waals surface area (Å²) in [4.78, 5) is 11.2. The van der Waals surface area contributed by atoms with Crippen LogP contribution in [0.4, 0.5) is 0 Å². The molecule has 0 saturated heterocycles. The van der Waals surface area contributed by atoms with E-state index in [4.69, 9.17) is 21.6 Å². The van der Waals surface area contributed by atoms with Gasteiger partial charge in [0.05, 0.1) is 24.7 Å². The smallest absolute Gasteiger partial charge is 0.310 e. The van der Waals surface area contributed by atoms with Crippen molar-refractivity contribution in [2.75, 3.05) is 6.61 Å². The first kappa shape index (κ1) is 12.3. The summed E-state index contributed by atoms with van der Waals surface area (Å²) in [5.41, 5.74) is 0.420. The molecule has 0 aliphatic carbocycles. The van der Waals surface area contributed by atoms with Crippen molar-refractivity contribution in [3.8, 4) is 11.8 Å². The molecule has 1 N–H and O–H groups in total. The van der Waals surface area contributed by atoms with Crippen molar-refractivity contribution in [3.63, 3.8) is 0 Å². The van der Waals surface area contributed by atoms with Crippen LogP contribution in [0.3, 0.4) is 0 Å². The van der Waals surface area contributed by atoms with Gasteiger partial charge in [-0.15, -0.1) is 0 Å². The standard InChI is InChI=1S/C11H10ClNO3/c1-2-16-11(15)5-9-7(6-13)3-8(12)4-10(9)14/h3-4,14H,2,5H2,1H3. The first-order chi connectivity index (χ1) is 7.58. The van der Waals surface area contributed by atoms with Crippen molar-refractivity contribution < 1.29 is 14.6 Å². The average Bonchev–Trinajstić information content (AvgIpc) is 2.22. The SMILES string of the molecule is CCOC(=O)Cc1c(O)cc(Cl)cc1C#N. The van der Waals surface area contributed by atoms with Crippen LogP contribution in [0.1, 0.15) is 18.1 Å². The molecule has 16 heavy (non-hydrogen) atoms. The minimum absolute atomic E-state index is 0.139. The third kappa shape index (κ3) is 2.88. The third-order valence-corrected chi connectivity index (χ3v) is 2.16. The molecule has 0 unspecified atom stereocenters. The number of benzene rings is 1. The number of hydrogen-bond donors (Lipinski definition) is 1. The molecule has 0 saturated carbocycles. The number of ether oxygens (including phenoxy) is 1. The molecule has 1 aromatic carbocycles.